The quantitative estimate of drug-likeness (QED) is 0.679. The van der Waals surface area contributed by atoms with Gasteiger partial charge in [-0.25, -0.2) is 4.39 Å². The predicted octanol–water partition coefficient (Wildman–Crippen LogP) is 1.07. The van der Waals surface area contributed by atoms with Crippen LogP contribution >= 0.6 is 0 Å². The van der Waals surface area contributed by atoms with Crippen molar-refractivity contribution in [2.75, 3.05) is 5.73 Å². The van der Waals surface area contributed by atoms with Gasteiger partial charge in [0.1, 0.15) is 5.67 Å². The van der Waals surface area contributed by atoms with Crippen LogP contribution in [-0.2, 0) is 5.54 Å². The van der Waals surface area contributed by atoms with Crippen molar-refractivity contribution < 1.29 is 4.39 Å². The van der Waals surface area contributed by atoms with Crippen molar-refractivity contribution >= 4 is 5.69 Å². The number of halogens is 1. The number of hydrogen-bond acceptors (Lipinski definition) is 2. The highest BCUT2D eigenvalue weighted by molar-refractivity contribution is 5.33. The maximum atomic E-state index is 13.1. The normalized spacial score (nSPS) is 43.4. The lowest BCUT2D eigenvalue weighted by Gasteiger charge is -2.65. The second kappa shape index (κ2) is 1.51. The fourth-order valence-corrected chi connectivity index (χ4v) is 2.45. The largest absolute Gasteiger partial charge is 0.396 e. The van der Waals surface area contributed by atoms with Gasteiger partial charge in [-0.05, 0) is 0 Å². The lowest BCUT2D eigenvalue weighted by Crippen LogP contribution is -2.70. The molecule has 4 heteroatoms. The second-order valence-corrected chi connectivity index (χ2v) is 4.12. The lowest BCUT2D eigenvalue weighted by molar-refractivity contribution is -0.203. The van der Waals surface area contributed by atoms with E-state index >= 15 is 0 Å². The van der Waals surface area contributed by atoms with E-state index in [0.717, 1.165) is 0 Å². The van der Waals surface area contributed by atoms with Gasteiger partial charge in [0.25, 0.3) is 0 Å². The summed E-state index contributed by atoms with van der Waals surface area (Å²) in [5, 5.41) is 4.10. The van der Waals surface area contributed by atoms with Crippen LogP contribution in [0.1, 0.15) is 19.3 Å². The van der Waals surface area contributed by atoms with Crippen LogP contribution < -0.4 is 5.73 Å². The van der Waals surface area contributed by atoms with Gasteiger partial charge in [0.15, 0.2) is 0 Å². The van der Waals surface area contributed by atoms with E-state index in [1.807, 2.05) is 4.68 Å². The summed E-state index contributed by atoms with van der Waals surface area (Å²) in [4.78, 5) is 0. The molecule has 0 atom stereocenters. The molecule has 3 aliphatic rings. The number of anilines is 1. The van der Waals surface area contributed by atoms with Crippen LogP contribution in [-0.4, -0.2) is 15.4 Å². The van der Waals surface area contributed by atoms with Gasteiger partial charge in [-0.3, -0.25) is 4.68 Å². The molecule has 1 heterocycles. The average molecular weight is 167 g/mol. The van der Waals surface area contributed by atoms with Gasteiger partial charge in [-0.1, -0.05) is 0 Å². The van der Waals surface area contributed by atoms with Crippen LogP contribution in [0.5, 0.6) is 0 Å². The summed E-state index contributed by atoms with van der Waals surface area (Å²) in [6.07, 6.45) is 5.29. The van der Waals surface area contributed by atoms with Crippen molar-refractivity contribution in [3.05, 3.63) is 12.4 Å². The lowest BCUT2D eigenvalue weighted by atomic mass is 9.47. The fourth-order valence-electron chi connectivity index (χ4n) is 2.45. The van der Waals surface area contributed by atoms with Crippen molar-refractivity contribution in [2.24, 2.45) is 0 Å². The number of nitrogens with zero attached hydrogens (tertiary/aromatic N) is 2. The van der Waals surface area contributed by atoms with E-state index in [4.69, 9.17) is 5.73 Å². The van der Waals surface area contributed by atoms with E-state index in [1.165, 1.54) is 0 Å². The van der Waals surface area contributed by atoms with E-state index in [1.54, 1.807) is 12.4 Å². The molecular weight excluding hydrogens is 157 g/mol. The van der Waals surface area contributed by atoms with Crippen molar-refractivity contribution in [3.63, 3.8) is 0 Å². The molecule has 1 aromatic rings. The smallest absolute Gasteiger partial charge is 0.118 e. The van der Waals surface area contributed by atoms with Gasteiger partial charge < -0.3 is 5.73 Å². The number of nitrogen functional groups attached to an aromatic ring is 1. The summed E-state index contributed by atoms with van der Waals surface area (Å²) in [5.41, 5.74) is 5.32. The highest BCUT2D eigenvalue weighted by Crippen LogP contribution is 2.67. The standard InChI is InChI=1S/C8H10FN3/c9-7-3-8(4-7,5-7)12-2-6(10)1-11-12/h1-2H,3-5,10H2. The van der Waals surface area contributed by atoms with Crippen LogP contribution in [0.2, 0.25) is 0 Å². The molecule has 3 saturated carbocycles. The maximum Gasteiger partial charge on any atom is 0.118 e. The number of aromatic nitrogens is 2. The van der Waals surface area contributed by atoms with Crippen molar-refractivity contribution in [1.82, 2.24) is 9.78 Å². The van der Waals surface area contributed by atoms with Crippen LogP contribution in [0, 0.1) is 0 Å². The van der Waals surface area contributed by atoms with Crippen LogP contribution in [0.15, 0.2) is 12.4 Å². The molecule has 12 heavy (non-hydrogen) atoms. The third kappa shape index (κ3) is 0.552. The minimum atomic E-state index is -0.860. The molecule has 0 saturated heterocycles. The van der Waals surface area contributed by atoms with Crippen LogP contribution in [0.3, 0.4) is 0 Å². The Morgan fingerprint density at radius 3 is 2.58 bits per heavy atom. The first kappa shape index (κ1) is 6.46. The van der Waals surface area contributed by atoms with Crippen LogP contribution in [0.25, 0.3) is 0 Å². The zero-order chi connectivity index (χ0) is 8.40. The van der Waals surface area contributed by atoms with Gasteiger partial charge >= 0.3 is 0 Å². The average Bonchev–Trinajstić information content (AvgIpc) is 2.26. The van der Waals surface area contributed by atoms with E-state index in [9.17, 15) is 4.39 Å². The Balaban J connectivity index is 1.93. The van der Waals surface area contributed by atoms with Crippen molar-refractivity contribution in [1.29, 1.82) is 0 Å². The molecule has 2 bridgehead atoms. The first-order chi connectivity index (χ1) is 5.62. The molecule has 3 nitrogen and oxygen atoms in total. The molecule has 0 amide bonds. The first-order valence-corrected chi connectivity index (χ1v) is 4.12. The summed E-state index contributed by atoms with van der Waals surface area (Å²) >= 11 is 0. The molecule has 64 valence electrons. The first-order valence-electron chi connectivity index (χ1n) is 4.12. The van der Waals surface area contributed by atoms with Crippen LogP contribution in [0.4, 0.5) is 10.1 Å². The maximum absolute atomic E-state index is 13.1. The molecule has 0 aromatic carbocycles. The number of rotatable bonds is 1. The summed E-state index contributed by atoms with van der Waals surface area (Å²) < 4.78 is 15.0. The Bertz CT molecular complexity index is 324. The minimum absolute atomic E-state index is 0.00757. The summed E-state index contributed by atoms with van der Waals surface area (Å²) in [6.45, 7) is 0. The van der Waals surface area contributed by atoms with Gasteiger partial charge in [-0.2, -0.15) is 5.10 Å². The van der Waals surface area contributed by atoms with E-state index in [-0.39, 0.29) is 5.54 Å². The van der Waals surface area contributed by atoms with Gasteiger partial charge in [-0.15, -0.1) is 0 Å². The molecule has 0 unspecified atom stereocenters. The summed E-state index contributed by atoms with van der Waals surface area (Å²) in [7, 11) is 0. The molecule has 1 aromatic heterocycles. The van der Waals surface area contributed by atoms with Crippen molar-refractivity contribution in [2.45, 2.75) is 30.5 Å². The molecular formula is C8H10FN3. The highest BCUT2D eigenvalue weighted by atomic mass is 19.1. The zero-order valence-electron chi connectivity index (χ0n) is 6.63. The zero-order valence-corrected chi connectivity index (χ0v) is 6.63. The van der Waals surface area contributed by atoms with E-state index in [2.05, 4.69) is 5.10 Å². The van der Waals surface area contributed by atoms with Crippen molar-refractivity contribution in [3.8, 4) is 0 Å². The Morgan fingerprint density at radius 1 is 1.50 bits per heavy atom. The van der Waals surface area contributed by atoms with E-state index < -0.39 is 5.67 Å². The Hall–Kier alpha value is -1.06. The summed E-state index contributed by atoms with van der Waals surface area (Å²) in [5.74, 6) is 0. The van der Waals surface area contributed by atoms with Gasteiger partial charge in [0.05, 0.1) is 17.4 Å². The number of alkyl halides is 1. The predicted molar refractivity (Wildman–Crippen MR) is 42.3 cm³/mol. The minimum Gasteiger partial charge on any atom is -0.396 e. The topological polar surface area (TPSA) is 43.8 Å². The fraction of sp³-hybridized carbons (Fsp3) is 0.625. The molecule has 2 N–H and O–H groups in total. The Morgan fingerprint density at radius 2 is 2.17 bits per heavy atom. The second-order valence-electron chi connectivity index (χ2n) is 4.12. The molecule has 4 rings (SSSR count). The monoisotopic (exact) mass is 167 g/mol. The molecule has 3 fully saturated rings. The van der Waals surface area contributed by atoms with Gasteiger partial charge in [0, 0.05) is 25.5 Å². The van der Waals surface area contributed by atoms with E-state index in [0.29, 0.717) is 24.9 Å². The Labute approximate surface area is 69.4 Å². The molecule has 0 radical (unpaired) electrons. The van der Waals surface area contributed by atoms with Gasteiger partial charge in [0.2, 0.25) is 0 Å². The Kier molecular flexibility index (Phi) is 0.812. The SMILES string of the molecule is Nc1cnn(C23CC(F)(C2)C3)c1. The number of nitrogens with two attached hydrogens (primary N) is 1. The number of hydrogen-bond donors (Lipinski definition) is 1. The molecule has 3 aliphatic carbocycles. The molecule has 0 spiro atoms. The third-order valence-corrected chi connectivity index (χ3v) is 3.03. The molecule has 0 aliphatic heterocycles. The highest BCUT2D eigenvalue weighted by Gasteiger charge is 2.70. The summed E-state index contributed by atoms with van der Waals surface area (Å²) in [6, 6.07) is 0. The third-order valence-electron chi connectivity index (χ3n) is 3.03.